The maximum Gasteiger partial charge on any atom is 0.263 e. The van der Waals surface area contributed by atoms with Crippen molar-refractivity contribution in [2.45, 2.75) is 32.9 Å². The molecule has 1 aromatic heterocycles. The van der Waals surface area contributed by atoms with Crippen molar-refractivity contribution in [2.75, 3.05) is 27.3 Å². The van der Waals surface area contributed by atoms with E-state index in [0.29, 0.717) is 29.5 Å². The second-order valence-corrected chi connectivity index (χ2v) is 7.38. The largest absolute Gasteiger partial charge is 0.493 e. The third-order valence-corrected chi connectivity index (χ3v) is 5.38. The number of nitrogens with one attached hydrogen (secondary N) is 2. The summed E-state index contributed by atoms with van der Waals surface area (Å²) in [4.78, 5) is 25.8. The lowest BCUT2D eigenvalue weighted by atomic mass is 9.99. The SMILES string of the molecule is COc1cccc(CNC(=O)c2c(C)ccn(CC3CCCNC3)c2=O)c1OC. The van der Waals surface area contributed by atoms with E-state index < -0.39 is 0 Å². The number of carbonyl (C=O) groups is 1. The number of benzene rings is 1. The Morgan fingerprint density at radius 1 is 1.28 bits per heavy atom. The first-order valence-corrected chi connectivity index (χ1v) is 9.94. The van der Waals surface area contributed by atoms with E-state index in [2.05, 4.69) is 10.6 Å². The summed E-state index contributed by atoms with van der Waals surface area (Å²) in [6, 6.07) is 7.32. The fourth-order valence-electron chi connectivity index (χ4n) is 3.80. The number of para-hydroxylation sites is 1. The molecule has 7 heteroatoms. The second kappa shape index (κ2) is 9.60. The van der Waals surface area contributed by atoms with Crippen LogP contribution in [0.1, 0.15) is 34.3 Å². The fraction of sp³-hybridized carbons (Fsp3) is 0.455. The highest BCUT2D eigenvalue weighted by molar-refractivity contribution is 5.95. The molecule has 0 spiro atoms. The predicted molar refractivity (Wildman–Crippen MR) is 112 cm³/mol. The number of hydrogen-bond acceptors (Lipinski definition) is 5. The maximum absolute atomic E-state index is 13.0. The third-order valence-electron chi connectivity index (χ3n) is 5.38. The molecule has 1 amide bonds. The van der Waals surface area contributed by atoms with Crippen LogP contribution < -0.4 is 25.7 Å². The first-order chi connectivity index (χ1) is 14.0. The van der Waals surface area contributed by atoms with Crippen molar-refractivity contribution in [2.24, 2.45) is 5.92 Å². The van der Waals surface area contributed by atoms with Gasteiger partial charge in [0.15, 0.2) is 11.5 Å². The van der Waals surface area contributed by atoms with Crippen LogP contribution in [0.5, 0.6) is 11.5 Å². The van der Waals surface area contributed by atoms with Crippen molar-refractivity contribution in [3.05, 3.63) is 57.5 Å². The highest BCUT2D eigenvalue weighted by atomic mass is 16.5. The van der Waals surface area contributed by atoms with Gasteiger partial charge in [-0.3, -0.25) is 9.59 Å². The summed E-state index contributed by atoms with van der Waals surface area (Å²) in [6.07, 6.45) is 3.99. The first kappa shape index (κ1) is 20.9. The van der Waals surface area contributed by atoms with Gasteiger partial charge in [-0.2, -0.15) is 0 Å². The van der Waals surface area contributed by atoms with Crippen LogP contribution >= 0.6 is 0 Å². The van der Waals surface area contributed by atoms with E-state index in [1.807, 2.05) is 18.2 Å². The van der Waals surface area contributed by atoms with Gasteiger partial charge >= 0.3 is 0 Å². The third kappa shape index (κ3) is 4.79. The molecule has 156 valence electrons. The van der Waals surface area contributed by atoms with Crippen LogP contribution in [0.4, 0.5) is 0 Å². The number of hydrogen-bond donors (Lipinski definition) is 2. The first-order valence-electron chi connectivity index (χ1n) is 9.94. The molecular formula is C22H29N3O4. The van der Waals surface area contributed by atoms with E-state index >= 15 is 0 Å². The monoisotopic (exact) mass is 399 g/mol. The average Bonchev–Trinajstić information content (AvgIpc) is 2.74. The predicted octanol–water partition coefficient (Wildman–Crippen LogP) is 2.10. The molecule has 0 radical (unpaired) electrons. The van der Waals surface area contributed by atoms with Crippen molar-refractivity contribution in [1.82, 2.24) is 15.2 Å². The number of piperidine rings is 1. The summed E-state index contributed by atoms with van der Waals surface area (Å²) in [7, 11) is 3.13. The van der Waals surface area contributed by atoms with Crippen LogP contribution in [0, 0.1) is 12.8 Å². The highest BCUT2D eigenvalue weighted by Crippen LogP contribution is 2.30. The highest BCUT2D eigenvalue weighted by Gasteiger charge is 2.19. The summed E-state index contributed by atoms with van der Waals surface area (Å²) in [6.45, 7) is 4.57. The topological polar surface area (TPSA) is 81.6 Å². The lowest BCUT2D eigenvalue weighted by Gasteiger charge is -2.23. The fourth-order valence-corrected chi connectivity index (χ4v) is 3.80. The van der Waals surface area contributed by atoms with Gasteiger partial charge in [0.1, 0.15) is 5.56 Å². The summed E-state index contributed by atoms with van der Waals surface area (Å²) >= 11 is 0. The van der Waals surface area contributed by atoms with Crippen molar-refractivity contribution < 1.29 is 14.3 Å². The number of amides is 1. The molecule has 2 heterocycles. The second-order valence-electron chi connectivity index (χ2n) is 7.38. The number of pyridine rings is 1. The Hall–Kier alpha value is -2.80. The molecule has 0 bridgehead atoms. The Bertz CT molecular complexity index is 917. The van der Waals surface area contributed by atoms with Crippen molar-refractivity contribution in [1.29, 1.82) is 0 Å². The Kier molecular flexibility index (Phi) is 6.93. The minimum atomic E-state index is -0.381. The van der Waals surface area contributed by atoms with Gasteiger partial charge in [0.25, 0.3) is 11.5 Å². The summed E-state index contributed by atoms with van der Waals surface area (Å²) in [5.41, 5.74) is 1.40. The van der Waals surface area contributed by atoms with Gasteiger partial charge in [0.2, 0.25) is 0 Å². The minimum Gasteiger partial charge on any atom is -0.493 e. The molecular weight excluding hydrogens is 370 g/mol. The normalized spacial score (nSPS) is 16.3. The summed E-state index contributed by atoms with van der Waals surface area (Å²) in [5, 5.41) is 6.22. The summed E-state index contributed by atoms with van der Waals surface area (Å²) < 4.78 is 12.4. The van der Waals surface area contributed by atoms with Crippen molar-refractivity contribution in [3.8, 4) is 11.5 Å². The number of aromatic nitrogens is 1. The van der Waals surface area contributed by atoms with Gasteiger partial charge in [-0.25, -0.2) is 0 Å². The number of aryl methyl sites for hydroxylation is 1. The number of methoxy groups -OCH3 is 2. The van der Waals surface area contributed by atoms with Gasteiger partial charge in [-0.05, 0) is 56.5 Å². The molecule has 0 aliphatic carbocycles. The van der Waals surface area contributed by atoms with Crippen LogP contribution in [0.25, 0.3) is 0 Å². The van der Waals surface area contributed by atoms with E-state index in [1.54, 1.807) is 38.0 Å². The number of nitrogens with zero attached hydrogens (tertiary/aromatic N) is 1. The Labute approximate surface area is 171 Å². The molecule has 1 atom stereocenters. The van der Waals surface area contributed by atoms with Crippen molar-refractivity contribution in [3.63, 3.8) is 0 Å². The van der Waals surface area contributed by atoms with E-state index in [4.69, 9.17) is 9.47 Å². The zero-order valence-electron chi connectivity index (χ0n) is 17.3. The van der Waals surface area contributed by atoms with E-state index in [-0.39, 0.29) is 23.6 Å². The molecule has 2 N–H and O–H groups in total. The Morgan fingerprint density at radius 3 is 2.79 bits per heavy atom. The Morgan fingerprint density at radius 2 is 2.10 bits per heavy atom. The van der Waals surface area contributed by atoms with Crippen LogP contribution in [0.15, 0.2) is 35.3 Å². The van der Waals surface area contributed by atoms with Crippen LogP contribution in [-0.2, 0) is 13.1 Å². The summed E-state index contributed by atoms with van der Waals surface area (Å²) in [5.74, 6) is 1.19. The van der Waals surface area contributed by atoms with Crippen LogP contribution in [0.2, 0.25) is 0 Å². The van der Waals surface area contributed by atoms with Gasteiger partial charge < -0.3 is 24.7 Å². The average molecular weight is 399 g/mol. The molecule has 1 saturated heterocycles. The van der Waals surface area contributed by atoms with Gasteiger partial charge in [-0.1, -0.05) is 12.1 Å². The van der Waals surface area contributed by atoms with E-state index in [9.17, 15) is 9.59 Å². The molecule has 3 rings (SSSR count). The lowest BCUT2D eigenvalue weighted by molar-refractivity contribution is 0.0947. The molecule has 1 fully saturated rings. The molecule has 0 saturated carbocycles. The van der Waals surface area contributed by atoms with E-state index in [0.717, 1.165) is 31.5 Å². The molecule has 1 unspecified atom stereocenters. The lowest BCUT2D eigenvalue weighted by Crippen LogP contribution is -2.37. The minimum absolute atomic E-state index is 0.193. The molecule has 1 aliphatic rings. The zero-order chi connectivity index (χ0) is 20.8. The van der Waals surface area contributed by atoms with Crippen LogP contribution in [0.3, 0.4) is 0 Å². The number of rotatable bonds is 7. The van der Waals surface area contributed by atoms with Gasteiger partial charge in [0.05, 0.1) is 14.2 Å². The number of carbonyl (C=O) groups excluding carboxylic acids is 1. The molecule has 7 nitrogen and oxygen atoms in total. The smallest absolute Gasteiger partial charge is 0.263 e. The standard InChI is InChI=1S/C22H29N3O4/c1-15-9-11-25(14-16-6-5-10-23-12-16)22(27)19(15)21(26)24-13-17-7-4-8-18(28-2)20(17)29-3/h4,7-9,11,16,23H,5-6,10,12-14H2,1-3H3,(H,24,26). The van der Waals surface area contributed by atoms with E-state index in [1.165, 1.54) is 0 Å². The van der Waals surface area contributed by atoms with Gasteiger partial charge in [-0.15, -0.1) is 0 Å². The maximum atomic E-state index is 13.0. The zero-order valence-corrected chi connectivity index (χ0v) is 17.3. The quantitative estimate of drug-likeness (QED) is 0.745. The molecule has 1 aliphatic heterocycles. The Balaban J connectivity index is 1.77. The molecule has 1 aromatic carbocycles. The molecule has 29 heavy (non-hydrogen) atoms. The van der Waals surface area contributed by atoms with Gasteiger partial charge in [0, 0.05) is 24.8 Å². The number of ether oxygens (including phenoxy) is 2. The molecule has 2 aromatic rings. The van der Waals surface area contributed by atoms with Crippen molar-refractivity contribution >= 4 is 5.91 Å². The van der Waals surface area contributed by atoms with Crippen LogP contribution in [-0.4, -0.2) is 37.8 Å².